The first-order valence-electron chi connectivity index (χ1n) is 38.3. The van der Waals surface area contributed by atoms with Crippen LogP contribution in [0.15, 0.2) is 182 Å². The number of allylic oxidation sites excluding steroid dienone is 30. The van der Waals surface area contributed by atoms with E-state index in [1.54, 1.807) is 0 Å². The molecule has 1 atom stereocenters. The maximum atomic E-state index is 12.4. The third kappa shape index (κ3) is 77.4. The fraction of sp³-hybridized carbons (Fsp3) is 0.632. The summed E-state index contributed by atoms with van der Waals surface area (Å²) in [5, 5.41) is 9.73. The van der Waals surface area contributed by atoms with E-state index < -0.39 is 6.10 Å². The standard InChI is InChI=1S/C87H142O5/c1-3-5-7-9-11-13-15-17-19-21-23-25-27-29-31-33-35-37-39-41-42-43-44-46-47-49-51-53-55-57-59-61-63-65-67-69-71-73-75-77-79-81-86(89)91-84-85(83-88)92-87(90)82-80-78-76-74-72-70-68-66-64-62-60-58-56-54-52-50-48-45-40-38-36-34-32-30-28-26-24-22-20-18-16-14-12-10-8-6-4-2/h5-8,11-14,17-20,23-26,29-32,35-38,41-42,45,48,52,54,85,88H,3-4,9-10,15-16,21-22,27-28,33-34,39-40,43-44,46-47,49-51,53,55-84H2,1-2H3/b7-5-,8-6-,13-11-,14-12-,19-17-,20-18-,25-23-,26-24-,31-29-,32-30-,37-35-,38-36-,42-41-,48-45-,54-52-. The molecule has 520 valence electrons. The largest absolute Gasteiger partial charge is 0.462 e. The topological polar surface area (TPSA) is 72.8 Å². The summed E-state index contributed by atoms with van der Waals surface area (Å²) >= 11 is 0. The molecule has 0 heterocycles. The number of carbonyl (C=O) groups excluding carboxylic acids is 2. The summed E-state index contributed by atoms with van der Waals surface area (Å²) in [6, 6.07) is 0. The molecule has 0 rings (SSSR count). The smallest absolute Gasteiger partial charge is 0.306 e. The Balaban J connectivity index is 3.50. The first-order chi connectivity index (χ1) is 45.6. The minimum Gasteiger partial charge on any atom is -0.462 e. The number of aliphatic hydroxyl groups is 1. The van der Waals surface area contributed by atoms with Crippen molar-refractivity contribution < 1.29 is 24.2 Å². The predicted molar refractivity (Wildman–Crippen MR) is 407 cm³/mol. The van der Waals surface area contributed by atoms with Gasteiger partial charge < -0.3 is 14.6 Å². The highest BCUT2D eigenvalue weighted by atomic mass is 16.6. The molecule has 1 N–H and O–H groups in total. The zero-order valence-corrected chi connectivity index (χ0v) is 59.7. The molecule has 5 heteroatoms. The molecule has 0 spiro atoms. The summed E-state index contributed by atoms with van der Waals surface area (Å²) in [6.45, 7) is 3.93. The lowest BCUT2D eigenvalue weighted by atomic mass is 10.0. The van der Waals surface area contributed by atoms with Crippen LogP contribution in [-0.4, -0.2) is 36.4 Å². The summed E-state index contributed by atoms with van der Waals surface area (Å²) < 4.78 is 10.8. The second kappa shape index (κ2) is 80.2. The maximum absolute atomic E-state index is 12.4. The molecule has 0 aromatic rings. The van der Waals surface area contributed by atoms with E-state index in [-0.39, 0.29) is 25.2 Å². The molecule has 0 aromatic heterocycles. The van der Waals surface area contributed by atoms with Crippen molar-refractivity contribution in [1.82, 2.24) is 0 Å². The summed E-state index contributed by atoms with van der Waals surface area (Å²) in [4.78, 5) is 24.7. The van der Waals surface area contributed by atoms with Gasteiger partial charge in [0.1, 0.15) is 6.61 Å². The molecule has 0 aliphatic rings. The van der Waals surface area contributed by atoms with Crippen LogP contribution in [0.25, 0.3) is 0 Å². The van der Waals surface area contributed by atoms with Gasteiger partial charge in [0.05, 0.1) is 6.61 Å². The Morgan fingerprint density at radius 2 is 0.435 bits per heavy atom. The van der Waals surface area contributed by atoms with Gasteiger partial charge in [0.2, 0.25) is 0 Å². The van der Waals surface area contributed by atoms with Crippen LogP contribution in [0.4, 0.5) is 0 Å². The molecule has 0 aliphatic carbocycles. The highest BCUT2D eigenvalue weighted by molar-refractivity contribution is 5.70. The first kappa shape index (κ1) is 87.0. The second-order valence-corrected chi connectivity index (χ2v) is 25.0. The Labute approximate surface area is 569 Å². The molecule has 0 fully saturated rings. The average molecular weight is 1270 g/mol. The van der Waals surface area contributed by atoms with Gasteiger partial charge in [-0.2, -0.15) is 0 Å². The third-order valence-corrected chi connectivity index (χ3v) is 16.2. The lowest BCUT2D eigenvalue weighted by Gasteiger charge is -2.15. The lowest BCUT2D eigenvalue weighted by Crippen LogP contribution is -2.28. The molecule has 0 saturated heterocycles. The average Bonchev–Trinajstić information content (AvgIpc) is 3.70. The number of unbranched alkanes of at least 4 members (excludes halogenated alkanes) is 31. The van der Waals surface area contributed by atoms with Crippen molar-refractivity contribution in [3.63, 3.8) is 0 Å². The van der Waals surface area contributed by atoms with Crippen molar-refractivity contribution in [1.29, 1.82) is 0 Å². The van der Waals surface area contributed by atoms with E-state index in [0.717, 1.165) is 135 Å². The van der Waals surface area contributed by atoms with Crippen LogP contribution in [0.5, 0.6) is 0 Å². The molecule has 0 saturated carbocycles. The number of aliphatic hydroxyl groups excluding tert-OH is 1. The zero-order valence-electron chi connectivity index (χ0n) is 59.7. The van der Waals surface area contributed by atoms with E-state index in [0.29, 0.717) is 12.8 Å². The van der Waals surface area contributed by atoms with Crippen molar-refractivity contribution in [3.8, 4) is 0 Å². The minimum atomic E-state index is -0.784. The minimum absolute atomic E-state index is 0.0720. The Hall–Kier alpha value is -5.00. The number of rotatable bonds is 69. The highest BCUT2D eigenvalue weighted by Crippen LogP contribution is 2.17. The van der Waals surface area contributed by atoms with Crippen LogP contribution in [0.3, 0.4) is 0 Å². The molecular weight excluding hydrogens is 1120 g/mol. The van der Waals surface area contributed by atoms with Gasteiger partial charge in [-0.15, -0.1) is 0 Å². The normalized spacial score (nSPS) is 13.3. The summed E-state index contributed by atoms with van der Waals surface area (Å²) in [7, 11) is 0. The lowest BCUT2D eigenvalue weighted by molar-refractivity contribution is -0.161. The van der Waals surface area contributed by atoms with Gasteiger partial charge in [-0.25, -0.2) is 0 Å². The van der Waals surface area contributed by atoms with E-state index in [1.807, 2.05) is 0 Å². The van der Waals surface area contributed by atoms with Gasteiger partial charge in [0.25, 0.3) is 0 Å². The number of hydrogen-bond donors (Lipinski definition) is 1. The second-order valence-electron chi connectivity index (χ2n) is 25.0. The first-order valence-corrected chi connectivity index (χ1v) is 38.3. The van der Waals surface area contributed by atoms with Crippen LogP contribution in [-0.2, 0) is 19.1 Å². The Bertz CT molecular complexity index is 2020. The number of hydrogen-bond acceptors (Lipinski definition) is 5. The van der Waals surface area contributed by atoms with Crippen molar-refractivity contribution >= 4 is 11.9 Å². The van der Waals surface area contributed by atoms with E-state index in [2.05, 4.69) is 196 Å². The fourth-order valence-electron chi connectivity index (χ4n) is 10.6. The van der Waals surface area contributed by atoms with Gasteiger partial charge in [-0.3, -0.25) is 9.59 Å². The van der Waals surface area contributed by atoms with Gasteiger partial charge in [-0.1, -0.05) is 369 Å². The Kier molecular flexibility index (Phi) is 75.9. The van der Waals surface area contributed by atoms with Crippen molar-refractivity contribution in [2.75, 3.05) is 13.2 Å². The van der Waals surface area contributed by atoms with Crippen LogP contribution in [0, 0.1) is 0 Å². The van der Waals surface area contributed by atoms with E-state index in [1.165, 1.54) is 173 Å². The van der Waals surface area contributed by atoms with Gasteiger partial charge in [0.15, 0.2) is 6.10 Å². The highest BCUT2D eigenvalue weighted by Gasteiger charge is 2.16. The Morgan fingerprint density at radius 1 is 0.250 bits per heavy atom. The third-order valence-electron chi connectivity index (χ3n) is 16.2. The number of esters is 2. The van der Waals surface area contributed by atoms with Crippen LogP contribution in [0.2, 0.25) is 0 Å². The molecular formula is C87H142O5. The quantitative estimate of drug-likeness (QED) is 0.0373. The van der Waals surface area contributed by atoms with Gasteiger partial charge >= 0.3 is 11.9 Å². The predicted octanol–water partition coefficient (Wildman–Crippen LogP) is 27.3. The van der Waals surface area contributed by atoms with Crippen molar-refractivity contribution in [3.05, 3.63) is 182 Å². The molecule has 5 nitrogen and oxygen atoms in total. The van der Waals surface area contributed by atoms with Crippen molar-refractivity contribution in [2.24, 2.45) is 0 Å². The van der Waals surface area contributed by atoms with E-state index in [9.17, 15) is 14.7 Å². The molecule has 0 radical (unpaired) electrons. The van der Waals surface area contributed by atoms with Crippen LogP contribution >= 0.6 is 0 Å². The molecule has 0 aliphatic heterocycles. The molecule has 1 unspecified atom stereocenters. The SMILES string of the molecule is CC/C=C\C/C=C\C/C=C\C/C=C\C/C=C\C/C=C\C/C=C\C/C=C\CCCCCCCCCCCCCCC(=O)OC(CO)COC(=O)CCCCCCCCCCCCCCCCCCCCC/C=C\C/C=C\C/C=C\C/C=C\C/C=C\C/C=C\C/C=C\CC. The molecule has 92 heavy (non-hydrogen) atoms. The monoisotopic (exact) mass is 1270 g/mol. The number of ether oxygens (including phenoxy) is 2. The number of carbonyl (C=O) groups is 2. The van der Waals surface area contributed by atoms with Gasteiger partial charge in [0, 0.05) is 12.8 Å². The molecule has 0 amide bonds. The molecule has 0 aromatic carbocycles. The van der Waals surface area contributed by atoms with Crippen LogP contribution in [0.1, 0.15) is 335 Å². The molecule has 0 bridgehead atoms. The van der Waals surface area contributed by atoms with E-state index in [4.69, 9.17) is 9.47 Å². The maximum Gasteiger partial charge on any atom is 0.306 e. The Morgan fingerprint density at radius 3 is 0.652 bits per heavy atom. The van der Waals surface area contributed by atoms with Crippen LogP contribution < -0.4 is 0 Å². The fourth-order valence-corrected chi connectivity index (χ4v) is 10.6. The summed E-state index contributed by atoms with van der Waals surface area (Å²) in [6.07, 6.45) is 125. The summed E-state index contributed by atoms with van der Waals surface area (Å²) in [5.41, 5.74) is 0. The van der Waals surface area contributed by atoms with Gasteiger partial charge in [-0.05, 0) is 135 Å². The van der Waals surface area contributed by atoms with Crippen molar-refractivity contribution in [2.45, 2.75) is 341 Å². The zero-order chi connectivity index (χ0) is 66.1. The van der Waals surface area contributed by atoms with E-state index >= 15 is 0 Å². The summed E-state index contributed by atoms with van der Waals surface area (Å²) in [5.74, 6) is -0.589.